The molecule has 0 amide bonds. The number of rotatable bonds is 2. The molecule has 1 fully saturated rings. The molecule has 0 heterocycles. The van der Waals surface area contributed by atoms with Crippen molar-refractivity contribution in [1.29, 1.82) is 0 Å². The monoisotopic (exact) mass is 187 g/mol. The van der Waals surface area contributed by atoms with Gasteiger partial charge in [0.15, 0.2) is 0 Å². The van der Waals surface area contributed by atoms with E-state index in [4.69, 9.17) is 0 Å². The van der Waals surface area contributed by atoms with E-state index in [1.165, 1.54) is 12.8 Å². The minimum atomic E-state index is -1.07. The summed E-state index contributed by atoms with van der Waals surface area (Å²) in [6, 6.07) is 0. The van der Waals surface area contributed by atoms with E-state index in [1.54, 1.807) is 0 Å². The molecule has 12 heavy (non-hydrogen) atoms. The van der Waals surface area contributed by atoms with Gasteiger partial charge in [0.25, 0.3) is 0 Å². The van der Waals surface area contributed by atoms with Gasteiger partial charge < -0.3 is 0 Å². The molecule has 0 aliphatic heterocycles. The summed E-state index contributed by atoms with van der Waals surface area (Å²) in [5.41, 5.74) is 0.265. The lowest BCUT2D eigenvalue weighted by Crippen LogP contribution is -2.20. The van der Waals surface area contributed by atoms with Gasteiger partial charge in [0.2, 0.25) is 0 Å². The summed E-state index contributed by atoms with van der Waals surface area (Å²) in [6.45, 7) is 7.97. The maximum atomic E-state index is 11.5. The van der Waals surface area contributed by atoms with Crippen molar-refractivity contribution in [2.24, 2.45) is 9.81 Å². The van der Waals surface area contributed by atoms with Crippen LogP contribution in [0.5, 0.6) is 0 Å². The smallest absolute Gasteiger partial charge is 0.144 e. The molecular formula is C9H17NOS. The lowest BCUT2D eigenvalue weighted by atomic mass is 10.2. The molecule has 1 saturated carbocycles. The topological polar surface area (TPSA) is 29.4 Å². The SMILES string of the molecule is CC1(C=N[S@](=O)C(C)(C)C)CC1. The summed E-state index contributed by atoms with van der Waals surface area (Å²) in [5, 5.41) is 0. The fourth-order valence-corrected chi connectivity index (χ4v) is 1.33. The molecular weight excluding hydrogens is 170 g/mol. The number of nitrogens with zero attached hydrogens (tertiary/aromatic N) is 1. The maximum absolute atomic E-state index is 11.5. The minimum absolute atomic E-state index is 0.220. The van der Waals surface area contributed by atoms with E-state index >= 15 is 0 Å². The molecule has 1 rings (SSSR count). The van der Waals surface area contributed by atoms with Gasteiger partial charge in [-0.1, -0.05) is 6.92 Å². The predicted molar refractivity (Wildman–Crippen MR) is 53.7 cm³/mol. The fourth-order valence-electron chi connectivity index (χ4n) is 0.659. The molecule has 0 aromatic rings. The molecule has 0 N–H and O–H groups in total. The van der Waals surface area contributed by atoms with Crippen molar-refractivity contribution in [3.63, 3.8) is 0 Å². The van der Waals surface area contributed by atoms with Crippen molar-refractivity contribution < 1.29 is 4.21 Å². The first-order chi connectivity index (χ1) is 5.33. The number of hydrogen-bond acceptors (Lipinski definition) is 1. The van der Waals surface area contributed by atoms with E-state index in [0.717, 1.165) is 0 Å². The van der Waals surface area contributed by atoms with E-state index in [-0.39, 0.29) is 10.2 Å². The van der Waals surface area contributed by atoms with Crippen molar-refractivity contribution >= 4 is 17.2 Å². The van der Waals surface area contributed by atoms with Crippen LogP contribution in [-0.4, -0.2) is 15.2 Å². The third-order valence-corrected chi connectivity index (χ3v) is 3.37. The minimum Gasteiger partial charge on any atom is -0.234 e. The van der Waals surface area contributed by atoms with Crippen molar-refractivity contribution in [1.82, 2.24) is 0 Å². The molecule has 1 atom stereocenters. The van der Waals surface area contributed by atoms with E-state index in [0.29, 0.717) is 0 Å². The average molecular weight is 187 g/mol. The predicted octanol–water partition coefficient (Wildman–Crippen LogP) is 2.32. The highest BCUT2D eigenvalue weighted by Gasteiger charge is 2.35. The van der Waals surface area contributed by atoms with Crippen LogP contribution in [0.15, 0.2) is 4.40 Å². The normalized spacial score (nSPS) is 24.3. The van der Waals surface area contributed by atoms with Crippen LogP contribution in [-0.2, 0) is 11.0 Å². The van der Waals surface area contributed by atoms with Crippen LogP contribution in [0.4, 0.5) is 0 Å². The third-order valence-electron chi connectivity index (χ3n) is 2.02. The molecule has 1 aliphatic carbocycles. The van der Waals surface area contributed by atoms with Gasteiger partial charge >= 0.3 is 0 Å². The van der Waals surface area contributed by atoms with E-state index in [9.17, 15) is 4.21 Å². The summed E-state index contributed by atoms with van der Waals surface area (Å²) < 4.78 is 15.3. The Morgan fingerprint density at radius 1 is 1.42 bits per heavy atom. The fraction of sp³-hybridized carbons (Fsp3) is 0.889. The van der Waals surface area contributed by atoms with Gasteiger partial charge in [0, 0.05) is 11.6 Å². The molecule has 0 bridgehead atoms. The van der Waals surface area contributed by atoms with Gasteiger partial charge in [0.1, 0.15) is 11.0 Å². The van der Waals surface area contributed by atoms with Crippen LogP contribution in [0, 0.1) is 5.41 Å². The zero-order chi connectivity index (χ0) is 9.41. The Balaban J connectivity index is 2.51. The zero-order valence-electron chi connectivity index (χ0n) is 8.26. The lowest BCUT2D eigenvalue weighted by Gasteiger charge is -2.13. The van der Waals surface area contributed by atoms with Crippen LogP contribution in [0.2, 0.25) is 0 Å². The first-order valence-electron chi connectivity index (χ1n) is 4.31. The highest BCUT2D eigenvalue weighted by Crippen LogP contribution is 2.43. The molecule has 2 nitrogen and oxygen atoms in total. The Morgan fingerprint density at radius 3 is 2.25 bits per heavy atom. The first-order valence-corrected chi connectivity index (χ1v) is 5.41. The zero-order valence-corrected chi connectivity index (χ0v) is 9.07. The molecule has 0 spiro atoms. The van der Waals surface area contributed by atoms with Gasteiger partial charge in [-0.25, -0.2) is 4.21 Å². The third kappa shape index (κ3) is 2.70. The Labute approximate surface area is 77.1 Å². The molecule has 70 valence electrons. The maximum Gasteiger partial charge on any atom is 0.144 e. The van der Waals surface area contributed by atoms with Crippen LogP contribution in [0.1, 0.15) is 40.5 Å². The Bertz CT molecular complexity index is 223. The molecule has 0 radical (unpaired) electrons. The average Bonchev–Trinajstić information content (AvgIpc) is 2.62. The first kappa shape index (κ1) is 9.90. The largest absolute Gasteiger partial charge is 0.234 e. The van der Waals surface area contributed by atoms with E-state index in [2.05, 4.69) is 11.3 Å². The summed E-state index contributed by atoms with van der Waals surface area (Å²) in [7, 11) is -1.07. The quantitative estimate of drug-likeness (QED) is 0.610. The van der Waals surface area contributed by atoms with Gasteiger partial charge in [-0.2, -0.15) is 4.40 Å². The van der Waals surface area contributed by atoms with Crippen LogP contribution in [0.25, 0.3) is 0 Å². The molecule has 3 heteroatoms. The van der Waals surface area contributed by atoms with Gasteiger partial charge in [-0.3, -0.25) is 0 Å². The summed E-state index contributed by atoms with van der Waals surface area (Å²) >= 11 is 0. The van der Waals surface area contributed by atoms with Gasteiger partial charge in [0.05, 0.1) is 4.75 Å². The molecule has 0 saturated heterocycles. The van der Waals surface area contributed by atoms with Crippen molar-refractivity contribution in [2.75, 3.05) is 0 Å². The number of hydrogen-bond donors (Lipinski definition) is 0. The second-order valence-electron chi connectivity index (χ2n) is 4.75. The standard InChI is InChI=1S/C9H17NOS/c1-8(2,3)12(11)10-7-9(4)5-6-9/h7H,5-6H2,1-4H3/t12-/m1/s1. The van der Waals surface area contributed by atoms with E-state index < -0.39 is 11.0 Å². The van der Waals surface area contributed by atoms with Crippen molar-refractivity contribution in [3.8, 4) is 0 Å². The van der Waals surface area contributed by atoms with Crippen LogP contribution < -0.4 is 0 Å². The van der Waals surface area contributed by atoms with Gasteiger partial charge in [-0.15, -0.1) is 0 Å². The van der Waals surface area contributed by atoms with Gasteiger partial charge in [-0.05, 0) is 33.6 Å². The molecule has 1 aliphatic rings. The van der Waals surface area contributed by atoms with E-state index in [1.807, 2.05) is 27.0 Å². The summed E-state index contributed by atoms with van der Waals surface area (Å²) in [5.74, 6) is 0. The Kier molecular flexibility index (Phi) is 2.43. The summed E-state index contributed by atoms with van der Waals surface area (Å²) in [4.78, 5) is 0. The molecule has 0 aromatic carbocycles. The molecule has 0 unspecified atom stereocenters. The second kappa shape index (κ2) is 2.95. The van der Waals surface area contributed by atoms with Crippen LogP contribution in [0.3, 0.4) is 0 Å². The second-order valence-corrected chi connectivity index (χ2v) is 6.68. The van der Waals surface area contributed by atoms with Crippen molar-refractivity contribution in [3.05, 3.63) is 0 Å². The Morgan fingerprint density at radius 2 is 1.92 bits per heavy atom. The highest BCUT2D eigenvalue weighted by molar-refractivity contribution is 7.85. The highest BCUT2D eigenvalue weighted by atomic mass is 32.2. The molecule has 0 aromatic heterocycles. The Hall–Kier alpha value is -0.180. The summed E-state index contributed by atoms with van der Waals surface area (Å²) in [6.07, 6.45) is 4.25. The van der Waals surface area contributed by atoms with Crippen molar-refractivity contribution in [2.45, 2.75) is 45.3 Å². The van der Waals surface area contributed by atoms with Crippen LogP contribution >= 0.6 is 0 Å². The lowest BCUT2D eigenvalue weighted by molar-refractivity contribution is 0.650.